The van der Waals surface area contributed by atoms with Gasteiger partial charge in [-0.25, -0.2) is 0 Å². The van der Waals surface area contributed by atoms with Gasteiger partial charge in [-0.3, -0.25) is 0 Å². The maximum atomic E-state index is 11.5. The molecule has 2 aliphatic heterocycles. The third kappa shape index (κ3) is 1.67. The van der Waals surface area contributed by atoms with E-state index in [0.717, 1.165) is 23.9 Å². The third-order valence-corrected chi connectivity index (χ3v) is 4.45. The van der Waals surface area contributed by atoms with Crippen LogP contribution in [0.25, 0.3) is 0 Å². The van der Waals surface area contributed by atoms with Gasteiger partial charge in [0.25, 0.3) is 0 Å². The molecule has 3 unspecified atom stereocenters. The number of hydrogen-bond acceptors (Lipinski definition) is 4. The lowest BCUT2D eigenvalue weighted by molar-refractivity contribution is -0.555. The summed E-state index contributed by atoms with van der Waals surface area (Å²) in [4.78, 5) is 0.854. The van der Waals surface area contributed by atoms with Gasteiger partial charge in [0.2, 0.25) is 0 Å². The van der Waals surface area contributed by atoms with Gasteiger partial charge in [0.1, 0.15) is 0 Å². The molecule has 0 aromatic carbocycles. The smallest absolute Gasteiger partial charge is 0.175 e. The summed E-state index contributed by atoms with van der Waals surface area (Å²) < 4.78 is 0. The van der Waals surface area contributed by atoms with E-state index in [2.05, 4.69) is 16.0 Å². The number of nitrogens with one attached hydrogen (secondary N) is 2. The van der Waals surface area contributed by atoms with Crippen molar-refractivity contribution in [2.75, 3.05) is 13.1 Å². The van der Waals surface area contributed by atoms with E-state index in [0.29, 0.717) is 5.92 Å². The first-order valence-electron chi connectivity index (χ1n) is 6.49. The minimum atomic E-state index is 0.0145. The summed E-state index contributed by atoms with van der Waals surface area (Å²) in [6.07, 6.45) is 6.76. The SMILES string of the molecule is [O-][N+]1=NNC2C(C3CCCCC3)CNCC21. The van der Waals surface area contributed by atoms with Gasteiger partial charge >= 0.3 is 0 Å². The summed E-state index contributed by atoms with van der Waals surface area (Å²) in [5.74, 6) is 1.37. The molecule has 0 aromatic heterocycles. The van der Waals surface area contributed by atoms with Crippen LogP contribution in [0.5, 0.6) is 0 Å². The second kappa shape index (κ2) is 4.20. The monoisotopic (exact) mass is 224 g/mol. The fourth-order valence-electron chi connectivity index (χ4n) is 3.55. The van der Waals surface area contributed by atoms with Crippen molar-refractivity contribution in [1.82, 2.24) is 10.7 Å². The molecule has 90 valence electrons. The Balaban J connectivity index is 1.70. The summed E-state index contributed by atoms with van der Waals surface area (Å²) in [7, 11) is 0. The van der Waals surface area contributed by atoms with E-state index in [4.69, 9.17) is 0 Å². The quantitative estimate of drug-likeness (QED) is 0.516. The van der Waals surface area contributed by atoms with Crippen LogP contribution in [0.3, 0.4) is 0 Å². The van der Waals surface area contributed by atoms with Crippen molar-refractivity contribution in [2.24, 2.45) is 17.1 Å². The van der Waals surface area contributed by atoms with Crippen LogP contribution in [0.15, 0.2) is 5.22 Å². The molecule has 5 heteroatoms. The lowest BCUT2D eigenvalue weighted by Gasteiger charge is -2.37. The molecule has 2 fully saturated rings. The first-order chi connectivity index (χ1) is 7.86. The number of hydrogen-bond donors (Lipinski definition) is 2. The minimum absolute atomic E-state index is 0.0145. The van der Waals surface area contributed by atoms with Crippen LogP contribution >= 0.6 is 0 Å². The second-order valence-corrected chi connectivity index (χ2v) is 5.34. The molecule has 0 bridgehead atoms. The average Bonchev–Trinajstić information content (AvgIpc) is 2.73. The molecule has 16 heavy (non-hydrogen) atoms. The summed E-state index contributed by atoms with van der Waals surface area (Å²) in [6, 6.07) is 0.294. The molecule has 0 aromatic rings. The topological polar surface area (TPSA) is 62.5 Å². The van der Waals surface area contributed by atoms with Crippen molar-refractivity contribution in [3.05, 3.63) is 5.21 Å². The van der Waals surface area contributed by atoms with E-state index < -0.39 is 0 Å². The Labute approximate surface area is 95.8 Å². The highest BCUT2D eigenvalue weighted by atomic mass is 16.5. The number of piperidine rings is 1. The van der Waals surface area contributed by atoms with E-state index in [1.807, 2.05) is 0 Å². The van der Waals surface area contributed by atoms with Crippen LogP contribution in [0, 0.1) is 17.0 Å². The van der Waals surface area contributed by atoms with Crippen molar-refractivity contribution in [3.8, 4) is 0 Å². The van der Waals surface area contributed by atoms with E-state index in [1.165, 1.54) is 32.1 Å². The number of hydroxylamine groups is 1. The van der Waals surface area contributed by atoms with Crippen LogP contribution in [0.1, 0.15) is 32.1 Å². The van der Waals surface area contributed by atoms with Crippen LogP contribution in [-0.4, -0.2) is 30.0 Å². The Morgan fingerprint density at radius 1 is 1.12 bits per heavy atom. The van der Waals surface area contributed by atoms with Crippen LogP contribution in [-0.2, 0) is 0 Å². The van der Waals surface area contributed by atoms with Crippen LogP contribution < -0.4 is 10.7 Å². The summed E-state index contributed by atoms with van der Waals surface area (Å²) in [5, 5.41) is 18.7. The molecule has 0 amide bonds. The van der Waals surface area contributed by atoms with Crippen molar-refractivity contribution < 1.29 is 4.86 Å². The Hall–Kier alpha value is -0.840. The molecule has 1 saturated carbocycles. The van der Waals surface area contributed by atoms with Crippen molar-refractivity contribution in [3.63, 3.8) is 0 Å². The van der Waals surface area contributed by atoms with Gasteiger partial charge in [0.05, 0.1) is 5.22 Å². The molecule has 1 saturated heterocycles. The molecule has 3 atom stereocenters. The van der Waals surface area contributed by atoms with Gasteiger partial charge in [-0.05, 0) is 18.8 Å². The fraction of sp³-hybridized carbons (Fsp3) is 1.00. The van der Waals surface area contributed by atoms with Crippen molar-refractivity contribution >= 4 is 0 Å². The van der Waals surface area contributed by atoms with E-state index in [1.54, 1.807) is 0 Å². The normalized spacial score (nSPS) is 40.0. The molecule has 1 aliphatic carbocycles. The molecule has 5 nitrogen and oxygen atoms in total. The zero-order chi connectivity index (χ0) is 11.0. The largest absolute Gasteiger partial charge is 0.695 e. The van der Waals surface area contributed by atoms with Gasteiger partial charge in [-0.15, -0.1) is 0 Å². The Morgan fingerprint density at radius 2 is 1.94 bits per heavy atom. The standard InChI is InChI=1S/C11H20N4O/c16-15-10-7-12-6-9(11(10)13-14-15)8-4-2-1-3-5-8/h8-13H,1-7H2. The Morgan fingerprint density at radius 3 is 2.75 bits per heavy atom. The minimum Gasteiger partial charge on any atom is -0.695 e. The average molecular weight is 224 g/mol. The van der Waals surface area contributed by atoms with Gasteiger partial charge in [0.15, 0.2) is 12.1 Å². The Bertz CT molecular complexity index is 288. The zero-order valence-corrected chi connectivity index (χ0v) is 9.56. The maximum Gasteiger partial charge on any atom is 0.175 e. The van der Waals surface area contributed by atoms with Gasteiger partial charge < -0.3 is 10.5 Å². The molecular formula is C11H20N4O. The van der Waals surface area contributed by atoms with Crippen molar-refractivity contribution in [1.29, 1.82) is 0 Å². The number of nitrogens with zero attached hydrogens (tertiary/aromatic N) is 2. The lowest BCUT2D eigenvalue weighted by Crippen LogP contribution is -2.56. The molecular weight excluding hydrogens is 204 g/mol. The molecule has 0 spiro atoms. The zero-order valence-electron chi connectivity index (χ0n) is 9.56. The van der Waals surface area contributed by atoms with Gasteiger partial charge in [0, 0.05) is 19.0 Å². The molecule has 0 radical (unpaired) electrons. The lowest BCUT2D eigenvalue weighted by atomic mass is 9.74. The summed E-state index contributed by atoms with van der Waals surface area (Å²) in [6.45, 7) is 1.82. The van der Waals surface area contributed by atoms with Gasteiger partial charge in [-0.1, -0.05) is 19.3 Å². The maximum absolute atomic E-state index is 11.5. The molecule has 3 aliphatic rings. The highest BCUT2D eigenvalue weighted by Gasteiger charge is 2.46. The highest BCUT2D eigenvalue weighted by molar-refractivity contribution is 4.94. The van der Waals surface area contributed by atoms with Crippen molar-refractivity contribution in [2.45, 2.75) is 44.2 Å². The fourth-order valence-corrected chi connectivity index (χ4v) is 3.55. The first kappa shape index (κ1) is 10.3. The predicted molar refractivity (Wildman–Crippen MR) is 59.7 cm³/mol. The highest BCUT2D eigenvalue weighted by Crippen LogP contribution is 2.34. The Kier molecular flexibility index (Phi) is 2.71. The number of fused-ring (bicyclic) bond motifs is 1. The van der Waals surface area contributed by atoms with Gasteiger partial charge in [-0.2, -0.15) is 10.3 Å². The van der Waals surface area contributed by atoms with Crippen LogP contribution in [0.2, 0.25) is 0 Å². The summed E-state index contributed by atoms with van der Waals surface area (Å²) >= 11 is 0. The van der Waals surface area contributed by atoms with E-state index in [9.17, 15) is 5.21 Å². The molecule has 3 rings (SSSR count). The third-order valence-electron chi connectivity index (χ3n) is 4.45. The molecule has 2 N–H and O–H groups in total. The predicted octanol–water partition coefficient (Wildman–Crippen LogP) is 1.00. The first-order valence-corrected chi connectivity index (χ1v) is 6.49. The molecule has 2 heterocycles. The summed E-state index contributed by atoms with van der Waals surface area (Å²) in [5.41, 5.74) is 3.05. The van der Waals surface area contributed by atoms with Crippen LogP contribution in [0.4, 0.5) is 0 Å². The van der Waals surface area contributed by atoms with E-state index in [-0.39, 0.29) is 12.1 Å². The van der Waals surface area contributed by atoms with E-state index >= 15 is 0 Å². The second-order valence-electron chi connectivity index (χ2n) is 5.34. The number of rotatable bonds is 1.